The zero-order valence-electron chi connectivity index (χ0n) is 25.5. The van der Waals surface area contributed by atoms with Gasteiger partial charge in [-0.1, -0.05) is 12.1 Å². The highest BCUT2D eigenvalue weighted by atomic mass is 16.5. The summed E-state index contributed by atoms with van der Waals surface area (Å²) in [5, 5.41) is 3.05. The van der Waals surface area contributed by atoms with Gasteiger partial charge in [0.1, 0.15) is 0 Å². The summed E-state index contributed by atoms with van der Waals surface area (Å²) < 4.78 is 13.5. The Morgan fingerprint density at radius 1 is 0.977 bits per heavy atom. The lowest BCUT2D eigenvalue weighted by Crippen LogP contribution is -2.39. The number of aryl methyl sites for hydroxylation is 2. The molecule has 1 unspecified atom stereocenters. The molecule has 6 rings (SSSR count). The van der Waals surface area contributed by atoms with E-state index in [0.717, 1.165) is 78.6 Å². The lowest BCUT2D eigenvalue weighted by Gasteiger charge is -2.34. The highest BCUT2D eigenvalue weighted by molar-refractivity contribution is 5.98. The van der Waals surface area contributed by atoms with Gasteiger partial charge in [-0.3, -0.25) is 14.5 Å². The van der Waals surface area contributed by atoms with E-state index in [1.54, 1.807) is 0 Å². The van der Waals surface area contributed by atoms with E-state index in [-0.39, 0.29) is 24.1 Å². The molecule has 5 heterocycles. The lowest BCUT2D eigenvalue weighted by molar-refractivity contribution is 0.0187. The van der Waals surface area contributed by atoms with Gasteiger partial charge >= 0.3 is 0 Å². The van der Waals surface area contributed by atoms with Crippen molar-refractivity contribution in [1.82, 2.24) is 19.6 Å². The molecule has 1 atom stereocenters. The van der Waals surface area contributed by atoms with Crippen LogP contribution >= 0.6 is 0 Å². The van der Waals surface area contributed by atoms with Crippen molar-refractivity contribution in [3.63, 3.8) is 0 Å². The summed E-state index contributed by atoms with van der Waals surface area (Å²) in [6.45, 7) is 14.4. The first-order chi connectivity index (χ1) is 20.8. The summed E-state index contributed by atoms with van der Waals surface area (Å²) in [5.41, 5.74) is 9.05. The van der Waals surface area contributed by atoms with Gasteiger partial charge in [0.25, 0.3) is 11.5 Å². The van der Waals surface area contributed by atoms with Gasteiger partial charge in [0.2, 0.25) is 0 Å². The summed E-state index contributed by atoms with van der Waals surface area (Å²) in [6.07, 6.45) is 2.13. The van der Waals surface area contributed by atoms with E-state index in [4.69, 9.17) is 9.47 Å². The fraction of sp³-hybridized carbons (Fsp3) is 0.412. The molecule has 43 heavy (non-hydrogen) atoms. The van der Waals surface area contributed by atoms with E-state index >= 15 is 0 Å². The molecule has 3 aromatic heterocycles. The van der Waals surface area contributed by atoms with Crippen LogP contribution in [0.3, 0.4) is 0 Å². The Balaban J connectivity index is 1.42. The van der Waals surface area contributed by atoms with Gasteiger partial charge in [0.05, 0.1) is 31.9 Å². The first-order valence-corrected chi connectivity index (χ1v) is 15.2. The fourth-order valence-corrected chi connectivity index (χ4v) is 6.55. The Labute approximate surface area is 252 Å². The topological polar surface area (TPSA) is 91.3 Å². The Morgan fingerprint density at radius 3 is 2.42 bits per heavy atom. The van der Waals surface area contributed by atoms with Gasteiger partial charge in [-0.25, -0.2) is 0 Å². The van der Waals surface area contributed by atoms with Crippen molar-refractivity contribution >= 4 is 17.1 Å². The molecule has 4 aromatic rings. The molecule has 9 nitrogen and oxygen atoms in total. The average Bonchev–Trinajstić information content (AvgIpc) is 3.44. The minimum atomic E-state index is -0.191. The van der Waals surface area contributed by atoms with Gasteiger partial charge in [-0.05, 0) is 74.7 Å². The Morgan fingerprint density at radius 2 is 1.70 bits per heavy atom. The Kier molecular flexibility index (Phi) is 8.38. The standard InChI is InChI=1S/C34H41N5O4/c1-22-18-23(2)36-34(41)30(22)21-35-33(40)29-20-31-28(26-6-5-7-27(19-26)38-12-16-43-17-13-38)8-9-39(31)32(24(29)3)25(4)37-10-14-42-15-11-37/h5-9,18-20,25H,10-17,21H2,1-4H3,(H,35,40)(H,36,41). The number of H-pyrrole nitrogens is 1. The van der Waals surface area contributed by atoms with Crippen LogP contribution in [-0.4, -0.2) is 72.8 Å². The van der Waals surface area contributed by atoms with E-state index in [9.17, 15) is 9.59 Å². The Bertz CT molecular complexity index is 1700. The third-order valence-corrected chi connectivity index (χ3v) is 8.94. The van der Waals surface area contributed by atoms with Crippen molar-refractivity contribution in [2.75, 3.05) is 57.5 Å². The number of benzene rings is 1. The molecule has 1 amide bonds. The monoisotopic (exact) mass is 583 g/mol. The third-order valence-electron chi connectivity index (χ3n) is 8.94. The number of pyridine rings is 2. The predicted octanol–water partition coefficient (Wildman–Crippen LogP) is 4.38. The quantitative estimate of drug-likeness (QED) is 0.336. The molecule has 0 radical (unpaired) electrons. The number of carbonyl (C=O) groups is 1. The number of aromatic amines is 1. The maximum atomic E-state index is 13.9. The van der Waals surface area contributed by atoms with Crippen LogP contribution in [0.4, 0.5) is 5.69 Å². The highest BCUT2D eigenvalue weighted by Gasteiger charge is 2.26. The van der Waals surface area contributed by atoms with Gasteiger partial charge in [0, 0.05) is 78.7 Å². The number of ether oxygens (including phenoxy) is 2. The second kappa shape index (κ2) is 12.4. The lowest BCUT2D eigenvalue weighted by atomic mass is 9.98. The van der Waals surface area contributed by atoms with Crippen LogP contribution < -0.4 is 15.8 Å². The van der Waals surface area contributed by atoms with Crippen LogP contribution in [0, 0.1) is 20.8 Å². The van der Waals surface area contributed by atoms with Gasteiger partial charge in [0.15, 0.2) is 0 Å². The van der Waals surface area contributed by atoms with Crippen molar-refractivity contribution in [2.24, 2.45) is 0 Å². The number of morpholine rings is 2. The Hall–Kier alpha value is -3.92. The largest absolute Gasteiger partial charge is 0.379 e. The SMILES string of the molecule is Cc1cc(C)c(CNC(=O)c2cc3c(-c4cccc(N5CCOCC5)c4)ccn3c(C(C)N3CCOCC3)c2C)c(=O)[nH]1. The normalized spacial score (nSPS) is 16.9. The van der Waals surface area contributed by atoms with E-state index in [0.29, 0.717) is 24.3 Å². The number of anilines is 1. The average molecular weight is 584 g/mol. The second-order valence-corrected chi connectivity index (χ2v) is 11.7. The number of aromatic nitrogens is 2. The molecule has 2 aliphatic rings. The molecule has 2 aliphatic heterocycles. The van der Waals surface area contributed by atoms with Gasteiger partial charge in [-0.15, -0.1) is 0 Å². The summed E-state index contributed by atoms with van der Waals surface area (Å²) in [4.78, 5) is 34.1. The number of nitrogens with zero attached hydrogens (tertiary/aromatic N) is 3. The fourth-order valence-electron chi connectivity index (χ4n) is 6.55. The number of carbonyl (C=O) groups excluding carboxylic acids is 1. The number of nitrogens with one attached hydrogen (secondary N) is 2. The molecule has 0 aliphatic carbocycles. The predicted molar refractivity (Wildman–Crippen MR) is 169 cm³/mol. The molecule has 1 aromatic carbocycles. The van der Waals surface area contributed by atoms with E-state index in [2.05, 4.69) is 68.0 Å². The first-order valence-electron chi connectivity index (χ1n) is 15.2. The van der Waals surface area contributed by atoms with E-state index in [1.807, 2.05) is 32.9 Å². The number of hydrogen-bond acceptors (Lipinski definition) is 6. The maximum absolute atomic E-state index is 13.9. The molecule has 2 saturated heterocycles. The molecule has 0 bridgehead atoms. The minimum absolute atomic E-state index is 0.0706. The molecular formula is C34H41N5O4. The number of rotatable bonds is 7. The minimum Gasteiger partial charge on any atom is -0.379 e. The molecule has 9 heteroatoms. The van der Waals surface area contributed by atoms with Crippen LogP contribution in [0.1, 0.15) is 51.4 Å². The molecule has 0 saturated carbocycles. The smallest absolute Gasteiger partial charge is 0.253 e. The number of amides is 1. The van der Waals surface area contributed by atoms with Crippen LogP contribution in [-0.2, 0) is 16.0 Å². The van der Waals surface area contributed by atoms with Crippen molar-refractivity contribution in [2.45, 2.75) is 40.3 Å². The zero-order valence-corrected chi connectivity index (χ0v) is 25.5. The van der Waals surface area contributed by atoms with Crippen molar-refractivity contribution in [3.05, 3.63) is 92.7 Å². The summed E-state index contributed by atoms with van der Waals surface area (Å²) >= 11 is 0. The van der Waals surface area contributed by atoms with Gasteiger partial charge < -0.3 is 29.1 Å². The number of fused-ring (bicyclic) bond motifs is 1. The van der Waals surface area contributed by atoms with Crippen LogP contribution in [0.2, 0.25) is 0 Å². The van der Waals surface area contributed by atoms with Crippen molar-refractivity contribution in [1.29, 1.82) is 0 Å². The van der Waals surface area contributed by atoms with Crippen molar-refractivity contribution in [3.8, 4) is 11.1 Å². The maximum Gasteiger partial charge on any atom is 0.253 e. The van der Waals surface area contributed by atoms with Crippen LogP contribution in [0.5, 0.6) is 0 Å². The van der Waals surface area contributed by atoms with E-state index in [1.165, 1.54) is 5.69 Å². The van der Waals surface area contributed by atoms with Gasteiger partial charge in [-0.2, -0.15) is 0 Å². The first kappa shape index (κ1) is 29.2. The molecule has 0 spiro atoms. The highest BCUT2D eigenvalue weighted by Crippen LogP contribution is 2.35. The molecule has 2 N–H and O–H groups in total. The van der Waals surface area contributed by atoms with Crippen LogP contribution in [0.25, 0.3) is 16.6 Å². The zero-order chi connectivity index (χ0) is 30.1. The van der Waals surface area contributed by atoms with E-state index < -0.39 is 0 Å². The molecular weight excluding hydrogens is 542 g/mol. The van der Waals surface area contributed by atoms with Crippen LogP contribution in [0.15, 0.2) is 53.5 Å². The summed E-state index contributed by atoms with van der Waals surface area (Å²) in [5.74, 6) is -0.191. The summed E-state index contributed by atoms with van der Waals surface area (Å²) in [6, 6.07) is 14.8. The molecule has 2 fully saturated rings. The molecule has 226 valence electrons. The number of hydrogen-bond donors (Lipinski definition) is 2. The second-order valence-electron chi connectivity index (χ2n) is 11.7. The third kappa shape index (κ3) is 5.85. The van der Waals surface area contributed by atoms with Crippen molar-refractivity contribution < 1.29 is 14.3 Å². The summed E-state index contributed by atoms with van der Waals surface area (Å²) in [7, 11) is 0.